The minimum absolute atomic E-state index is 0.0396. The molecule has 0 aliphatic heterocycles. The standard InChI is InChI=1S/C14H20N2O2S/c1-3-4-12(9-18-2)16-14(17)11-7-5-10(6-8-11)13(15)19/h5-8,12H,3-4,9H2,1-2H3,(H2,15,19)(H,16,17). The van der Waals surface area contributed by atoms with Crippen LogP contribution in [-0.2, 0) is 4.74 Å². The Morgan fingerprint density at radius 2 is 1.95 bits per heavy atom. The lowest BCUT2D eigenvalue weighted by Crippen LogP contribution is -2.37. The zero-order chi connectivity index (χ0) is 14.3. The Labute approximate surface area is 119 Å². The second-order valence-corrected chi connectivity index (χ2v) is 4.80. The van der Waals surface area contributed by atoms with Gasteiger partial charge in [-0.3, -0.25) is 4.79 Å². The van der Waals surface area contributed by atoms with Crippen LogP contribution in [0.4, 0.5) is 0 Å². The number of benzene rings is 1. The summed E-state index contributed by atoms with van der Waals surface area (Å²) in [6.07, 6.45) is 1.89. The van der Waals surface area contributed by atoms with Crippen molar-refractivity contribution in [2.75, 3.05) is 13.7 Å². The Hall–Kier alpha value is -1.46. The van der Waals surface area contributed by atoms with E-state index in [1.54, 1.807) is 31.4 Å². The molecule has 1 unspecified atom stereocenters. The van der Waals surface area contributed by atoms with E-state index in [1.807, 2.05) is 0 Å². The first-order valence-electron chi connectivity index (χ1n) is 6.28. The van der Waals surface area contributed by atoms with Gasteiger partial charge in [0.2, 0.25) is 0 Å². The van der Waals surface area contributed by atoms with Gasteiger partial charge in [-0.05, 0) is 18.6 Å². The summed E-state index contributed by atoms with van der Waals surface area (Å²) in [5, 5.41) is 2.96. The minimum atomic E-state index is -0.106. The normalized spacial score (nSPS) is 11.9. The van der Waals surface area contributed by atoms with Crippen molar-refractivity contribution in [1.82, 2.24) is 5.32 Å². The highest BCUT2D eigenvalue weighted by atomic mass is 32.1. The zero-order valence-corrected chi connectivity index (χ0v) is 12.1. The molecule has 0 saturated heterocycles. The van der Waals surface area contributed by atoms with Crippen molar-refractivity contribution in [3.63, 3.8) is 0 Å². The molecule has 0 aromatic heterocycles. The van der Waals surface area contributed by atoms with Crippen LogP contribution in [0.25, 0.3) is 0 Å². The monoisotopic (exact) mass is 280 g/mol. The second-order valence-electron chi connectivity index (χ2n) is 4.36. The van der Waals surface area contributed by atoms with Crippen molar-refractivity contribution in [2.24, 2.45) is 5.73 Å². The lowest BCUT2D eigenvalue weighted by Gasteiger charge is -2.17. The van der Waals surface area contributed by atoms with Crippen LogP contribution in [0.5, 0.6) is 0 Å². The highest BCUT2D eigenvalue weighted by molar-refractivity contribution is 7.80. The van der Waals surface area contributed by atoms with E-state index in [2.05, 4.69) is 12.2 Å². The summed E-state index contributed by atoms with van der Waals surface area (Å²) in [6.45, 7) is 2.59. The first kappa shape index (κ1) is 15.6. The van der Waals surface area contributed by atoms with E-state index >= 15 is 0 Å². The van der Waals surface area contributed by atoms with Crippen molar-refractivity contribution in [3.8, 4) is 0 Å². The van der Waals surface area contributed by atoms with Crippen LogP contribution in [0.2, 0.25) is 0 Å². The van der Waals surface area contributed by atoms with Gasteiger partial charge in [0.25, 0.3) is 5.91 Å². The van der Waals surface area contributed by atoms with Gasteiger partial charge in [0, 0.05) is 18.2 Å². The third kappa shape index (κ3) is 4.96. The molecule has 1 amide bonds. The molecule has 0 fully saturated rings. The summed E-state index contributed by atoms with van der Waals surface area (Å²) in [7, 11) is 1.63. The quantitative estimate of drug-likeness (QED) is 0.748. The number of amides is 1. The van der Waals surface area contributed by atoms with Crippen molar-refractivity contribution in [1.29, 1.82) is 0 Å². The molecule has 1 aromatic rings. The Bertz CT molecular complexity index is 426. The molecule has 0 saturated carbocycles. The number of hydrogen-bond donors (Lipinski definition) is 2. The van der Waals surface area contributed by atoms with Crippen LogP contribution in [0.1, 0.15) is 35.7 Å². The summed E-state index contributed by atoms with van der Waals surface area (Å²) in [4.78, 5) is 12.4. The van der Waals surface area contributed by atoms with Gasteiger partial charge < -0.3 is 15.8 Å². The maximum absolute atomic E-state index is 12.1. The van der Waals surface area contributed by atoms with Crippen molar-refractivity contribution in [3.05, 3.63) is 35.4 Å². The zero-order valence-electron chi connectivity index (χ0n) is 11.3. The Balaban J connectivity index is 2.68. The topological polar surface area (TPSA) is 64.3 Å². The van der Waals surface area contributed by atoms with E-state index in [1.165, 1.54) is 0 Å². The minimum Gasteiger partial charge on any atom is -0.389 e. The predicted octanol–water partition coefficient (Wildman–Crippen LogP) is 1.87. The SMILES string of the molecule is CCCC(COC)NC(=O)c1ccc(C(N)=S)cc1. The third-order valence-corrected chi connectivity index (χ3v) is 3.01. The maximum Gasteiger partial charge on any atom is 0.251 e. The van der Waals surface area contributed by atoms with Crippen molar-refractivity contribution in [2.45, 2.75) is 25.8 Å². The van der Waals surface area contributed by atoms with Gasteiger partial charge in [-0.25, -0.2) is 0 Å². The second kappa shape index (κ2) is 7.86. The molecule has 0 radical (unpaired) electrons. The summed E-state index contributed by atoms with van der Waals surface area (Å²) in [5.41, 5.74) is 6.87. The number of nitrogens with two attached hydrogens (primary N) is 1. The average molecular weight is 280 g/mol. The Morgan fingerprint density at radius 3 is 2.42 bits per heavy atom. The molecule has 4 nitrogen and oxygen atoms in total. The number of hydrogen-bond acceptors (Lipinski definition) is 3. The lowest BCUT2D eigenvalue weighted by atomic mass is 10.1. The van der Waals surface area contributed by atoms with Gasteiger partial charge in [-0.1, -0.05) is 37.7 Å². The van der Waals surface area contributed by atoms with E-state index in [0.717, 1.165) is 18.4 Å². The number of thiocarbonyl (C=S) groups is 1. The lowest BCUT2D eigenvalue weighted by molar-refractivity contribution is 0.0891. The Kier molecular flexibility index (Phi) is 6.45. The number of ether oxygens (including phenoxy) is 1. The van der Waals surface area contributed by atoms with Crippen LogP contribution in [-0.4, -0.2) is 30.7 Å². The molecule has 3 N–H and O–H groups in total. The molecule has 0 spiro atoms. The van der Waals surface area contributed by atoms with Crippen LogP contribution < -0.4 is 11.1 Å². The average Bonchev–Trinajstić information content (AvgIpc) is 2.39. The molecular formula is C14H20N2O2S. The first-order valence-corrected chi connectivity index (χ1v) is 6.69. The summed E-state index contributed by atoms with van der Waals surface area (Å²) >= 11 is 4.87. The molecule has 0 heterocycles. The largest absolute Gasteiger partial charge is 0.389 e. The molecule has 104 valence electrons. The molecule has 5 heteroatoms. The number of methoxy groups -OCH3 is 1. The highest BCUT2D eigenvalue weighted by Crippen LogP contribution is 2.06. The molecule has 0 bridgehead atoms. The fraction of sp³-hybridized carbons (Fsp3) is 0.429. The van der Waals surface area contributed by atoms with Crippen LogP contribution in [0.3, 0.4) is 0 Å². The molecular weight excluding hydrogens is 260 g/mol. The van der Waals surface area contributed by atoms with E-state index in [0.29, 0.717) is 17.2 Å². The number of nitrogens with one attached hydrogen (secondary N) is 1. The maximum atomic E-state index is 12.1. The summed E-state index contributed by atoms with van der Waals surface area (Å²) in [6, 6.07) is 6.99. The first-order chi connectivity index (χ1) is 9.08. The highest BCUT2D eigenvalue weighted by Gasteiger charge is 2.12. The number of carbonyl (C=O) groups excluding carboxylic acids is 1. The van der Waals surface area contributed by atoms with E-state index in [4.69, 9.17) is 22.7 Å². The van der Waals surface area contributed by atoms with Crippen molar-refractivity contribution >= 4 is 23.1 Å². The van der Waals surface area contributed by atoms with Crippen LogP contribution >= 0.6 is 12.2 Å². The number of rotatable bonds is 7. The van der Waals surface area contributed by atoms with Crippen LogP contribution in [0, 0.1) is 0 Å². The molecule has 0 aliphatic carbocycles. The van der Waals surface area contributed by atoms with Gasteiger partial charge in [0.15, 0.2) is 0 Å². The molecule has 1 aromatic carbocycles. The smallest absolute Gasteiger partial charge is 0.251 e. The van der Waals surface area contributed by atoms with E-state index < -0.39 is 0 Å². The molecule has 19 heavy (non-hydrogen) atoms. The summed E-state index contributed by atoms with van der Waals surface area (Å²) < 4.78 is 5.10. The van der Waals surface area contributed by atoms with E-state index in [9.17, 15) is 4.79 Å². The van der Waals surface area contributed by atoms with Gasteiger partial charge in [0.05, 0.1) is 12.6 Å². The van der Waals surface area contributed by atoms with Gasteiger partial charge in [0.1, 0.15) is 4.99 Å². The Morgan fingerprint density at radius 1 is 1.37 bits per heavy atom. The third-order valence-electron chi connectivity index (χ3n) is 2.77. The number of carbonyl (C=O) groups is 1. The molecule has 1 atom stereocenters. The molecule has 0 aliphatic rings. The molecule has 1 rings (SSSR count). The van der Waals surface area contributed by atoms with Crippen LogP contribution in [0.15, 0.2) is 24.3 Å². The fourth-order valence-corrected chi connectivity index (χ4v) is 1.94. The fourth-order valence-electron chi connectivity index (χ4n) is 1.80. The van der Waals surface area contributed by atoms with E-state index in [-0.39, 0.29) is 11.9 Å². The van der Waals surface area contributed by atoms with Gasteiger partial charge in [-0.15, -0.1) is 0 Å². The predicted molar refractivity (Wildman–Crippen MR) is 80.4 cm³/mol. The van der Waals surface area contributed by atoms with Gasteiger partial charge in [-0.2, -0.15) is 0 Å². The van der Waals surface area contributed by atoms with Gasteiger partial charge >= 0.3 is 0 Å². The van der Waals surface area contributed by atoms with Crippen molar-refractivity contribution < 1.29 is 9.53 Å². The summed E-state index contributed by atoms with van der Waals surface area (Å²) in [5.74, 6) is -0.106.